The average molecular weight is 311 g/mol. The van der Waals surface area contributed by atoms with Crippen molar-refractivity contribution in [1.82, 2.24) is 14.9 Å². The molecule has 2 heterocycles. The highest BCUT2D eigenvalue weighted by atomic mass is 32.2. The van der Waals surface area contributed by atoms with Crippen LogP contribution in [0, 0.1) is 0 Å². The molecule has 0 bridgehead atoms. The van der Waals surface area contributed by atoms with Crippen LogP contribution < -0.4 is 5.32 Å². The predicted octanol–water partition coefficient (Wildman–Crippen LogP) is 1.62. The van der Waals surface area contributed by atoms with Crippen LogP contribution >= 0.6 is 0 Å². The Kier molecular flexibility index (Phi) is 4.36. The van der Waals surface area contributed by atoms with Gasteiger partial charge in [0.2, 0.25) is 0 Å². The molecule has 1 aliphatic heterocycles. The third kappa shape index (κ3) is 3.48. The number of nitrogens with zero attached hydrogens (tertiary/aromatic N) is 2. The number of nitrogens with one attached hydrogen (secondary N) is 1. The van der Waals surface area contributed by atoms with E-state index in [4.69, 9.17) is 4.98 Å². The van der Waals surface area contributed by atoms with Gasteiger partial charge in [0.25, 0.3) is 0 Å². The number of aromatic nitrogens is 2. The summed E-state index contributed by atoms with van der Waals surface area (Å²) in [6.07, 6.45) is 8.07. The summed E-state index contributed by atoms with van der Waals surface area (Å²) in [7, 11) is -2.88. The Bertz CT molecular complexity index is 601. The molecule has 1 aliphatic carbocycles. The van der Waals surface area contributed by atoms with E-state index < -0.39 is 9.84 Å². The number of hydrogen-bond acceptors (Lipinski definition) is 4. The Labute approximate surface area is 127 Å². The molecular weight excluding hydrogens is 286 g/mol. The second-order valence-corrected chi connectivity index (χ2v) is 8.67. The van der Waals surface area contributed by atoms with Crippen molar-refractivity contribution in [2.75, 3.05) is 18.6 Å². The van der Waals surface area contributed by atoms with Crippen LogP contribution in [-0.4, -0.2) is 36.5 Å². The fourth-order valence-corrected chi connectivity index (χ4v) is 4.28. The van der Waals surface area contributed by atoms with Crippen molar-refractivity contribution in [1.29, 1.82) is 0 Å². The van der Waals surface area contributed by atoms with E-state index in [-0.39, 0.29) is 5.75 Å². The van der Waals surface area contributed by atoms with Gasteiger partial charge in [0.1, 0.15) is 15.7 Å². The van der Waals surface area contributed by atoms with Gasteiger partial charge in [0.05, 0.1) is 11.4 Å². The van der Waals surface area contributed by atoms with Gasteiger partial charge in [0, 0.05) is 43.9 Å². The SMILES string of the molecule is CS(=O)(=O)CCCn1c(C2CCCC2)nc2c1CCNC2. The molecule has 6 heteroatoms. The summed E-state index contributed by atoms with van der Waals surface area (Å²) in [6.45, 7) is 2.64. The lowest BCUT2D eigenvalue weighted by atomic mass is 10.1. The van der Waals surface area contributed by atoms with Crippen molar-refractivity contribution in [3.8, 4) is 0 Å². The van der Waals surface area contributed by atoms with Gasteiger partial charge >= 0.3 is 0 Å². The highest BCUT2D eigenvalue weighted by Gasteiger charge is 2.26. The van der Waals surface area contributed by atoms with Crippen LogP contribution in [0.4, 0.5) is 0 Å². The van der Waals surface area contributed by atoms with Gasteiger partial charge in [0.15, 0.2) is 0 Å². The molecule has 3 rings (SSSR count). The van der Waals surface area contributed by atoms with Crippen LogP contribution in [0.2, 0.25) is 0 Å². The van der Waals surface area contributed by atoms with Crippen LogP contribution in [0.5, 0.6) is 0 Å². The molecule has 1 N–H and O–H groups in total. The first-order valence-electron chi connectivity index (χ1n) is 8.01. The van der Waals surface area contributed by atoms with E-state index in [1.165, 1.54) is 49.2 Å². The first kappa shape index (κ1) is 15.0. The Hall–Kier alpha value is -0.880. The predicted molar refractivity (Wildman–Crippen MR) is 83.2 cm³/mol. The van der Waals surface area contributed by atoms with E-state index in [0.717, 1.165) is 26.1 Å². The van der Waals surface area contributed by atoms with Gasteiger partial charge in [-0.3, -0.25) is 0 Å². The summed E-state index contributed by atoms with van der Waals surface area (Å²) in [5, 5.41) is 3.38. The van der Waals surface area contributed by atoms with Gasteiger partial charge in [-0.15, -0.1) is 0 Å². The molecule has 5 nitrogen and oxygen atoms in total. The number of fused-ring (bicyclic) bond motifs is 1. The maximum atomic E-state index is 11.4. The maximum Gasteiger partial charge on any atom is 0.147 e. The molecule has 0 unspecified atom stereocenters. The standard InChI is InChI=1S/C15H25N3O2S/c1-21(19,20)10-4-9-18-14-7-8-16-11-13(14)17-15(18)12-5-2-3-6-12/h12,16H,2-11H2,1H3. The van der Waals surface area contributed by atoms with Gasteiger partial charge in [-0.25, -0.2) is 13.4 Å². The summed E-state index contributed by atoms with van der Waals surface area (Å²) < 4.78 is 25.1. The van der Waals surface area contributed by atoms with Crippen molar-refractivity contribution in [3.63, 3.8) is 0 Å². The van der Waals surface area contributed by atoms with Gasteiger partial charge < -0.3 is 9.88 Å². The molecule has 0 saturated heterocycles. The van der Waals surface area contributed by atoms with Crippen LogP contribution in [0.1, 0.15) is 55.2 Å². The second kappa shape index (κ2) is 6.08. The topological polar surface area (TPSA) is 64.0 Å². The molecule has 0 amide bonds. The van der Waals surface area contributed by atoms with E-state index in [0.29, 0.717) is 12.3 Å². The van der Waals surface area contributed by atoms with Crippen molar-refractivity contribution in [2.24, 2.45) is 0 Å². The molecule has 1 aromatic rings. The second-order valence-electron chi connectivity index (χ2n) is 6.41. The first-order chi connectivity index (χ1) is 10.0. The number of imidazole rings is 1. The monoisotopic (exact) mass is 311 g/mol. The molecular formula is C15H25N3O2S. The molecule has 0 radical (unpaired) electrons. The van der Waals surface area contributed by atoms with E-state index >= 15 is 0 Å². The lowest BCUT2D eigenvalue weighted by molar-refractivity contribution is 0.541. The minimum absolute atomic E-state index is 0.266. The van der Waals surface area contributed by atoms with E-state index in [1.807, 2.05) is 0 Å². The van der Waals surface area contributed by atoms with E-state index in [2.05, 4.69) is 9.88 Å². The Morgan fingerprint density at radius 2 is 2.10 bits per heavy atom. The van der Waals surface area contributed by atoms with Crippen molar-refractivity contribution in [2.45, 2.75) is 57.5 Å². The summed E-state index contributed by atoms with van der Waals surface area (Å²) in [4.78, 5) is 4.90. The molecule has 0 spiro atoms. The summed E-state index contributed by atoms with van der Waals surface area (Å²) in [5.41, 5.74) is 2.52. The number of rotatable bonds is 5. The highest BCUT2D eigenvalue weighted by molar-refractivity contribution is 7.90. The minimum Gasteiger partial charge on any atom is -0.331 e. The smallest absolute Gasteiger partial charge is 0.147 e. The van der Waals surface area contributed by atoms with Crippen LogP contribution in [-0.2, 0) is 29.3 Å². The quantitative estimate of drug-likeness (QED) is 0.897. The van der Waals surface area contributed by atoms with E-state index in [9.17, 15) is 8.42 Å². The Balaban J connectivity index is 1.83. The molecule has 2 aliphatic rings. The third-order valence-corrected chi connectivity index (χ3v) is 5.66. The molecule has 0 atom stereocenters. The Morgan fingerprint density at radius 3 is 2.81 bits per heavy atom. The number of sulfone groups is 1. The van der Waals surface area contributed by atoms with Crippen molar-refractivity contribution in [3.05, 3.63) is 17.2 Å². The van der Waals surface area contributed by atoms with Crippen molar-refractivity contribution >= 4 is 9.84 Å². The highest BCUT2D eigenvalue weighted by Crippen LogP contribution is 2.35. The molecule has 0 aromatic carbocycles. The lowest BCUT2D eigenvalue weighted by Crippen LogP contribution is -2.25. The van der Waals surface area contributed by atoms with Crippen LogP contribution in [0.3, 0.4) is 0 Å². The van der Waals surface area contributed by atoms with Gasteiger partial charge in [-0.2, -0.15) is 0 Å². The first-order valence-corrected chi connectivity index (χ1v) is 10.1. The van der Waals surface area contributed by atoms with E-state index in [1.54, 1.807) is 0 Å². The van der Waals surface area contributed by atoms with Gasteiger partial charge in [-0.1, -0.05) is 12.8 Å². The third-order valence-electron chi connectivity index (χ3n) is 4.63. The zero-order valence-electron chi connectivity index (χ0n) is 12.8. The lowest BCUT2D eigenvalue weighted by Gasteiger charge is -2.17. The molecule has 21 heavy (non-hydrogen) atoms. The fraction of sp³-hybridized carbons (Fsp3) is 0.800. The maximum absolute atomic E-state index is 11.4. The zero-order valence-corrected chi connectivity index (χ0v) is 13.6. The molecule has 1 fully saturated rings. The average Bonchev–Trinajstić information content (AvgIpc) is 3.04. The Morgan fingerprint density at radius 1 is 1.33 bits per heavy atom. The van der Waals surface area contributed by atoms with Crippen LogP contribution in [0.25, 0.3) is 0 Å². The zero-order chi connectivity index (χ0) is 14.9. The number of hydrogen-bond donors (Lipinski definition) is 1. The molecule has 118 valence electrons. The largest absolute Gasteiger partial charge is 0.331 e. The molecule has 1 saturated carbocycles. The summed E-state index contributed by atoms with van der Waals surface area (Å²) in [6, 6.07) is 0. The minimum atomic E-state index is -2.88. The van der Waals surface area contributed by atoms with Gasteiger partial charge in [-0.05, 0) is 19.3 Å². The summed E-state index contributed by atoms with van der Waals surface area (Å²) >= 11 is 0. The molecule has 1 aromatic heterocycles. The van der Waals surface area contributed by atoms with Crippen LogP contribution in [0.15, 0.2) is 0 Å². The van der Waals surface area contributed by atoms with Crippen molar-refractivity contribution < 1.29 is 8.42 Å². The fourth-order valence-electron chi connectivity index (χ4n) is 3.62. The normalized spacial score (nSPS) is 19.9. The summed E-state index contributed by atoms with van der Waals surface area (Å²) in [5.74, 6) is 2.06.